The monoisotopic (exact) mass is 446 g/mol. The zero-order valence-corrected chi connectivity index (χ0v) is 17.1. The average Bonchev–Trinajstić information content (AvgIpc) is 2.71. The number of carbonyl (C=O) groups excluding carboxylic acids is 2. The van der Waals surface area contributed by atoms with Gasteiger partial charge in [0.25, 0.3) is 0 Å². The van der Waals surface area contributed by atoms with Crippen molar-refractivity contribution in [3.8, 4) is 0 Å². The molecule has 0 bridgehead atoms. The Morgan fingerprint density at radius 2 is 1.89 bits per heavy atom. The molecule has 0 atom stereocenters. The minimum Gasteiger partial charge on any atom is -0.353 e. The Morgan fingerprint density at radius 3 is 2.63 bits per heavy atom. The van der Waals surface area contributed by atoms with Crippen molar-refractivity contribution in [3.63, 3.8) is 0 Å². The highest BCUT2D eigenvalue weighted by Crippen LogP contribution is 2.34. The number of fused-ring (bicyclic) bond motifs is 1. The number of para-hydroxylation sites is 1. The van der Waals surface area contributed by atoms with Crippen molar-refractivity contribution in [2.75, 3.05) is 48.3 Å². The van der Waals surface area contributed by atoms with E-state index in [4.69, 9.17) is 0 Å². The molecule has 6 nitrogen and oxygen atoms in total. The third-order valence-corrected chi connectivity index (χ3v) is 6.29. The van der Waals surface area contributed by atoms with E-state index in [-0.39, 0.29) is 18.4 Å². The molecule has 0 unspecified atom stereocenters. The summed E-state index contributed by atoms with van der Waals surface area (Å²) in [5.41, 5.74) is 0.838. The summed E-state index contributed by atoms with van der Waals surface area (Å²) in [6.07, 6.45) is 1.78. The van der Waals surface area contributed by atoms with Gasteiger partial charge in [-0.2, -0.15) is 0 Å². The van der Waals surface area contributed by atoms with Crippen LogP contribution in [0.1, 0.15) is 0 Å². The van der Waals surface area contributed by atoms with Gasteiger partial charge in [-0.25, -0.2) is 4.98 Å². The number of piperazine rings is 1. The van der Waals surface area contributed by atoms with Gasteiger partial charge in [0, 0.05) is 41.7 Å². The van der Waals surface area contributed by atoms with E-state index in [1.165, 1.54) is 11.8 Å². The first kappa shape index (κ1) is 18.3. The molecule has 0 aliphatic carbocycles. The van der Waals surface area contributed by atoms with Crippen molar-refractivity contribution in [1.29, 1.82) is 0 Å². The van der Waals surface area contributed by atoms with Gasteiger partial charge in [-0.05, 0) is 40.2 Å². The summed E-state index contributed by atoms with van der Waals surface area (Å²) in [6.45, 7) is 2.85. The van der Waals surface area contributed by atoms with Crippen molar-refractivity contribution in [3.05, 3.63) is 47.1 Å². The lowest BCUT2D eigenvalue weighted by Crippen LogP contribution is -2.52. The Bertz CT molecular complexity index is 853. The number of rotatable bonds is 3. The number of amides is 2. The van der Waals surface area contributed by atoms with E-state index < -0.39 is 0 Å². The Hall–Kier alpha value is -2.06. The van der Waals surface area contributed by atoms with E-state index in [9.17, 15) is 9.59 Å². The maximum absolute atomic E-state index is 12.8. The van der Waals surface area contributed by atoms with E-state index in [1.807, 2.05) is 41.3 Å². The second-order valence-electron chi connectivity index (χ2n) is 6.44. The largest absolute Gasteiger partial charge is 0.353 e. The predicted molar refractivity (Wildman–Crippen MR) is 110 cm³/mol. The van der Waals surface area contributed by atoms with Crippen molar-refractivity contribution in [2.24, 2.45) is 0 Å². The summed E-state index contributed by atoms with van der Waals surface area (Å²) >= 11 is 4.92. The molecular weight excluding hydrogens is 428 g/mol. The van der Waals surface area contributed by atoms with Gasteiger partial charge in [0.1, 0.15) is 12.4 Å². The van der Waals surface area contributed by atoms with Crippen LogP contribution in [0, 0.1) is 0 Å². The lowest BCUT2D eigenvalue weighted by atomic mass is 10.2. The van der Waals surface area contributed by atoms with Crippen LogP contribution in [0.2, 0.25) is 0 Å². The highest BCUT2D eigenvalue weighted by Gasteiger charge is 2.29. The summed E-state index contributed by atoms with van der Waals surface area (Å²) < 4.78 is 0.949. The Kier molecular flexibility index (Phi) is 5.36. The topological polar surface area (TPSA) is 56.8 Å². The molecule has 0 saturated carbocycles. The fourth-order valence-corrected chi connectivity index (χ4v) is 4.47. The maximum atomic E-state index is 12.8. The fourth-order valence-electron chi connectivity index (χ4n) is 3.30. The quantitative estimate of drug-likeness (QED) is 0.724. The van der Waals surface area contributed by atoms with Crippen LogP contribution in [0.15, 0.2) is 52.0 Å². The highest BCUT2D eigenvalue weighted by molar-refractivity contribution is 9.10. The standard InChI is InChI=1S/C19H19BrN4O2S/c20-14-5-6-17(21-11-14)22-7-9-23(10-8-22)18(25)12-24-15-3-1-2-4-16(15)27-13-19(24)26/h1-6,11H,7-10,12-13H2. The van der Waals surface area contributed by atoms with E-state index in [2.05, 4.69) is 25.8 Å². The van der Waals surface area contributed by atoms with Gasteiger partial charge in [-0.15, -0.1) is 11.8 Å². The van der Waals surface area contributed by atoms with E-state index in [1.54, 1.807) is 11.1 Å². The number of hydrogen-bond acceptors (Lipinski definition) is 5. The molecule has 1 saturated heterocycles. The summed E-state index contributed by atoms with van der Waals surface area (Å²) in [7, 11) is 0. The summed E-state index contributed by atoms with van der Waals surface area (Å²) in [6, 6.07) is 11.7. The third kappa shape index (κ3) is 3.96. The first-order valence-electron chi connectivity index (χ1n) is 8.78. The van der Waals surface area contributed by atoms with Crippen LogP contribution in [0.5, 0.6) is 0 Å². The molecule has 27 heavy (non-hydrogen) atoms. The lowest BCUT2D eigenvalue weighted by molar-refractivity contribution is -0.131. The van der Waals surface area contributed by atoms with Crippen LogP contribution in [-0.2, 0) is 9.59 Å². The third-order valence-electron chi connectivity index (χ3n) is 4.77. The fraction of sp³-hybridized carbons (Fsp3) is 0.316. The van der Waals surface area contributed by atoms with Crippen molar-refractivity contribution in [2.45, 2.75) is 4.90 Å². The number of aromatic nitrogens is 1. The zero-order chi connectivity index (χ0) is 18.8. The molecule has 1 fully saturated rings. The van der Waals surface area contributed by atoms with Gasteiger partial charge in [-0.1, -0.05) is 12.1 Å². The van der Waals surface area contributed by atoms with Crippen LogP contribution in [-0.4, -0.2) is 60.2 Å². The molecule has 8 heteroatoms. The molecule has 2 aliphatic rings. The average molecular weight is 447 g/mol. The van der Waals surface area contributed by atoms with Crippen LogP contribution >= 0.6 is 27.7 Å². The van der Waals surface area contributed by atoms with E-state index in [0.717, 1.165) is 34.0 Å². The molecule has 1 aromatic carbocycles. The molecule has 1 aromatic heterocycles. The number of benzene rings is 1. The van der Waals surface area contributed by atoms with Gasteiger partial charge < -0.3 is 14.7 Å². The number of anilines is 2. The van der Waals surface area contributed by atoms with Gasteiger partial charge in [0.05, 0.1) is 11.4 Å². The van der Waals surface area contributed by atoms with Crippen LogP contribution in [0.4, 0.5) is 11.5 Å². The van der Waals surface area contributed by atoms with E-state index >= 15 is 0 Å². The number of thioether (sulfide) groups is 1. The van der Waals surface area contributed by atoms with Crippen molar-refractivity contribution >= 4 is 51.0 Å². The number of pyridine rings is 1. The number of halogens is 1. The molecule has 0 radical (unpaired) electrons. The number of carbonyl (C=O) groups is 2. The van der Waals surface area contributed by atoms with Crippen LogP contribution < -0.4 is 9.80 Å². The molecule has 3 heterocycles. The van der Waals surface area contributed by atoms with Crippen molar-refractivity contribution < 1.29 is 9.59 Å². The summed E-state index contributed by atoms with van der Waals surface area (Å²) in [4.78, 5) is 36.3. The lowest BCUT2D eigenvalue weighted by Gasteiger charge is -2.37. The van der Waals surface area contributed by atoms with Crippen LogP contribution in [0.3, 0.4) is 0 Å². The molecule has 0 N–H and O–H groups in total. The molecule has 2 amide bonds. The molecule has 0 spiro atoms. The normalized spacial score (nSPS) is 17.1. The Labute approximate surface area is 170 Å². The first-order chi connectivity index (χ1) is 13.1. The predicted octanol–water partition coefficient (Wildman–Crippen LogP) is 2.63. The molecular formula is C19H19BrN4O2S. The van der Waals surface area contributed by atoms with Crippen molar-refractivity contribution in [1.82, 2.24) is 9.88 Å². The smallest absolute Gasteiger partial charge is 0.242 e. The SMILES string of the molecule is O=C(CN1C(=O)CSc2ccccc21)N1CCN(c2ccc(Br)cn2)CC1. The second-order valence-corrected chi connectivity index (χ2v) is 8.37. The van der Waals surface area contributed by atoms with Gasteiger partial charge in [0.2, 0.25) is 11.8 Å². The second kappa shape index (κ2) is 7.90. The summed E-state index contributed by atoms with van der Waals surface area (Å²) in [5.74, 6) is 1.29. The number of nitrogens with zero attached hydrogens (tertiary/aromatic N) is 4. The van der Waals surface area contributed by atoms with E-state index in [0.29, 0.717) is 18.8 Å². The molecule has 4 rings (SSSR count). The zero-order valence-electron chi connectivity index (χ0n) is 14.7. The van der Waals surface area contributed by atoms with Crippen LogP contribution in [0.25, 0.3) is 0 Å². The minimum atomic E-state index is -0.00949. The summed E-state index contributed by atoms with van der Waals surface area (Å²) in [5, 5.41) is 0. The molecule has 140 valence electrons. The van der Waals surface area contributed by atoms with Gasteiger partial charge in [0.15, 0.2) is 0 Å². The minimum absolute atomic E-state index is 0.00605. The molecule has 2 aliphatic heterocycles. The Morgan fingerprint density at radius 1 is 1.11 bits per heavy atom. The van der Waals surface area contributed by atoms with Gasteiger partial charge >= 0.3 is 0 Å². The molecule has 2 aromatic rings. The Balaban J connectivity index is 1.39. The maximum Gasteiger partial charge on any atom is 0.242 e. The highest BCUT2D eigenvalue weighted by atomic mass is 79.9. The number of hydrogen-bond donors (Lipinski definition) is 0. The first-order valence-corrected chi connectivity index (χ1v) is 10.6. The van der Waals surface area contributed by atoms with Gasteiger partial charge in [-0.3, -0.25) is 9.59 Å².